The van der Waals surface area contributed by atoms with Gasteiger partial charge in [0.05, 0.1) is 0 Å². The van der Waals surface area contributed by atoms with Crippen LogP contribution < -0.4 is 0 Å². The largest absolute Gasteiger partial charge is 0.483 e. The van der Waals surface area contributed by atoms with E-state index in [4.69, 9.17) is 15.0 Å². The number of rotatable bonds is 3. The van der Waals surface area contributed by atoms with Gasteiger partial charge in [-0.1, -0.05) is 19.1 Å². The van der Waals surface area contributed by atoms with Gasteiger partial charge in [0, 0.05) is 6.61 Å². The second kappa shape index (κ2) is 15.7. The molecule has 0 fully saturated rings. The molecule has 60 valence electrons. The van der Waals surface area contributed by atoms with Crippen LogP contribution in [0.3, 0.4) is 0 Å². The number of hydrogen-bond acceptors (Lipinski definition) is 2. The minimum atomic E-state index is -0.250. The lowest BCUT2D eigenvalue weighted by atomic mass is 10.3. The average Bonchev–Trinajstić information content (AvgIpc) is 1.91. The lowest BCUT2D eigenvalue weighted by Gasteiger charge is -1.79. The molecule has 0 saturated heterocycles. The van der Waals surface area contributed by atoms with Gasteiger partial charge >= 0.3 is 0 Å². The molecule has 0 aromatic carbocycles. The third-order valence-corrected chi connectivity index (χ3v) is 0.698. The standard InChI is InChI=1S/C6H12O.CH2O2/c1-2-3-4-5-6-7;2-1-3/h3-4,7H,2,5-6H2,1H3;1H,(H,2,3). The van der Waals surface area contributed by atoms with Gasteiger partial charge in [0.25, 0.3) is 6.47 Å². The predicted octanol–water partition coefficient (Wildman–Crippen LogP) is 1.04. The summed E-state index contributed by atoms with van der Waals surface area (Å²) >= 11 is 0. The molecule has 3 heteroatoms. The smallest absolute Gasteiger partial charge is 0.290 e. The van der Waals surface area contributed by atoms with E-state index in [0.29, 0.717) is 0 Å². The van der Waals surface area contributed by atoms with E-state index in [0.717, 1.165) is 12.8 Å². The van der Waals surface area contributed by atoms with Gasteiger partial charge in [0.2, 0.25) is 0 Å². The lowest BCUT2D eigenvalue weighted by molar-refractivity contribution is -0.122. The Balaban J connectivity index is 0. The van der Waals surface area contributed by atoms with E-state index in [2.05, 4.69) is 13.0 Å². The third-order valence-electron chi connectivity index (χ3n) is 0.698. The fraction of sp³-hybridized carbons (Fsp3) is 0.571. The Hall–Kier alpha value is -0.830. The maximum absolute atomic E-state index is 8.36. The van der Waals surface area contributed by atoms with Gasteiger partial charge in [-0.15, -0.1) is 0 Å². The quantitative estimate of drug-likeness (QED) is 0.462. The van der Waals surface area contributed by atoms with Crippen LogP contribution in [-0.2, 0) is 4.79 Å². The fourth-order valence-electron chi connectivity index (χ4n) is 0.359. The molecular weight excluding hydrogens is 132 g/mol. The number of hydrogen-bond donors (Lipinski definition) is 2. The molecule has 0 aromatic heterocycles. The first-order chi connectivity index (χ1) is 4.83. The highest BCUT2D eigenvalue weighted by Crippen LogP contribution is 1.82. The molecule has 0 atom stereocenters. The van der Waals surface area contributed by atoms with Crippen LogP contribution in [0, 0.1) is 0 Å². The van der Waals surface area contributed by atoms with Gasteiger partial charge in [0.1, 0.15) is 0 Å². The Morgan fingerprint density at radius 1 is 1.40 bits per heavy atom. The zero-order valence-corrected chi connectivity index (χ0v) is 6.16. The van der Waals surface area contributed by atoms with Gasteiger partial charge in [-0.05, 0) is 12.8 Å². The van der Waals surface area contributed by atoms with Crippen LogP contribution in [0.25, 0.3) is 0 Å². The van der Waals surface area contributed by atoms with Crippen LogP contribution in [0.2, 0.25) is 0 Å². The second-order valence-corrected chi connectivity index (χ2v) is 1.50. The van der Waals surface area contributed by atoms with Crippen LogP contribution in [0.4, 0.5) is 0 Å². The van der Waals surface area contributed by atoms with Crippen LogP contribution in [0.5, 0.6) is 0 Å². The van der Waals surface area contributed by atoms with Crippen molar-refractivity contribution in [2.24, 2.45) is 0 Å². The molecule has 2 N–H and O–H groups in total. The van der Waals surface area contributed by atoms with Crippen molar-refractivity contribution in [1.82, 2.24) is 0 Å². The topological polar surface area (TPSA) is 57.5 Å². The van der Waals surface area contributed by atoms with Gasteiger partial charge in [0.15, 0.2) is 0 Å². The zero-order chi connectivity index (χ0) is 8.24. The second-order valence-electron chi connectivity index (χ2n) is 1.50. The normalized spacial score (nSPS) is 8.60. The van der Waals surface area contributed by atoms with E-state index >= 15 is 0 Å². The van der Waals surface area contributed by atoms with Crippen molar-refractivity contribution < 1.29 is 15.0 Å². The van der Waals surface area contributed by atoms with E-state index < -0.39 is 0 Å². The summed E-state index contributed by atoms with van der Waals surface area (Å²) in [6.45, 7) is 2.10. The Kier molecular flexibility index (Phi) is 18.7. The van der Waals surface area contributed by atoms with Crippen LogP contribution in [0.15, 0.2) is 12.2 Å². The highest BCUT2D eigenvalue weighted by atomic mass is 16.3. The summed E-state index contributed by atoms with van der Waals surface area (Å²) in [4.78, 5) is 8.36. The van der Waals surface area contributed by atoms with Crippen molar-refractivity contribution >= 4 is 6.47 Å². The highest BCUT2D eigenvalue weighted by molar-refractivity contribution is 5.32. The summed E-state index contributed by atoms with van der Waals surface area (Å²) in [7, 11) is 0. The monoisotopic (exact) mass is 146 g/mol. The summed E-state index contributed by atoms with van der Waals surface area (Å²) in [5, 5.41) is 15.1. The number of allylic oxidation sites excluding steroid dienone is 1. The van der Waals surface area contributed by atoms with Crippen molar-refractivity contribution in [3.05, 3.63) is 12.2 Å². The zero-order valence-electron chi connectivity index (χ0n) is 6.16. The van der Waals surface area contributed by atoms with E-state index in [-0.39, 0.29) is 13.1 Å². The molecule has 0 radical (unpaired) electrons. The Morgan fingerprint density at radius 3 is 2.20 bits per heavy atom. The lowest BCUT2D eigenvalue weighted by Crippen LogP contribution is -1.73. The maximum atomic E-state index is 8.36. The number of aliphatic hydroxyl groups is 1. The molecule has 0 rings (SSSR count). The molecule has 0 aliphatic carbocycles. The van der Waals surface area contributed by atoms with Crippen LogP contribution in [0.1, 0.15) is 19.8 Å². The number of carbonyl (C=O) groups is 1. The first-order valence-electron chi connectivity index (χ1n) is 3.17. The fourth-order valence-corrected chi connectivity index (χ4v) is 0.359. The molecule has 0 saturated carbocycles. The minimum absolute atomic E-state index is 0.250. The molecule has 0 aliphatic rings. The van der Waals surface area contributed by atoms with Gasteiger partial charge in [-0.2, -0.15) is 0 Å². The molecule has 0 spiro atoms. The molecule has 0 amide bonds. The molecule has 0 heterocycles. The van der Waals surface area contributed by atoms with Crippen molar-refractivity contribution in [2.45, 2.75) is 19.8 Å². The first kappa shape index (κ1) is 11.9. The Bertz CT molecular complexity index is 78.9. The predicted molar refractivity (Wildman–Crippen MR) is 39.8 cm³/mol. The van der Waals surface area contributed by atoms with E-state index in [9.17, 15) is 0 Å². The van der Waals surface area contributed by atoms with Gasteiger partial charge < -0.3 is 10.2 Å². The van der Waals surface area contributed by atoms with Crippen LogP contribution in [-0.4, -0.2) is 23.3 Å². The van der Waals surface area contributed by atoms with Crippen molar-refractivity contribution in [1.29, 1.82) is 0 Å². The first-order valence-corrected chi connectivity index (χ1v) is 3.17. The highest BCUT2D eigenvalue weighted by Gasteiger charge is 1.68. The Morgan fingerprint density at radius 2 is 1.90 bits per heavy atom. The van der Waals surface area contributed by atoms with Crippen LogP contribution >= 0.6 is 0 Å². The van der Waals surface area contributed by atoms with Crippen molar-refractivity contribution in [2.75, 3.05) is 6.61 Å². The van der Waals surface area contributed by atoms with Gasteiger partial charge in [-0.3, -0.25) is 4.79 Å². The van der Waals surface area contributed by atoms with E-state index in [1.54, 1.807) is 0 Å². The molecule has 0 bridgehead atoms. The summed E-state index contributed by atoms with van der Waals surface area (Å²) in [5.41, 5.74) is 0. The SMILES string of the molecule is CCC=CCCO.O=CO. The van der Waals surface area contributed by atoms with Gasteiger partial charge in [-0.25, -0.2) is 0 Å². The number of aliphatic hydroxyl groups excluding tert-OH is 1. The summed E-state index contributed by atoms with van der Waals surface area (Å²) in [5.74, 6) is 0. The maximum Gasteiger partial charge on any atom is 0.290 e. The van der Waals surface area contributed by atoms with Crippen molar-refractivity contribution in [3.63, 3.8) is 0 Å². The Labute approximate surface area is 61.0 Å². The molecule has 10 heavy (non-hydrogen) atoms. The average molecular weight is 146 g/mol. The molecule has 0 aliphatic heterocycles. The summed E-state index contributed by atoms with van der Waals surface area (Å²) in [6.07, 6.45) is 5.91. The van der Waals surface area contributed by atoms with E-state index in [1.807, 2.05) is 6.08 Å². The van der Waals surface area contributed by atoms with Crippen molar-refractivity contribution in [3.8, 4) is 0 Å². The summed E-state index contributed by atoms with van der Waals surface area (Å²) in [6, 6.07) is 0. The third kappa shape index (κ3) is 27.2. The molecule has 0 aromatic rings. The summed E-state index contributed by atoms with van der Waals surface area (Å²) < 4.78 is 0. The molecule has 0 unspecified atom stereocenters. The minimum Gasteiger partial charge on any atom is -0.483 e. The number of carboxylic acid groups (broad SMARTS) is 1. The molecular formula is C7H14O3. The van der Waals surface area contributed by atoms with E-state index in [1.165, 1.54) is 0 Å². The molecule has 3 nitrogen and oxygen atoms in total.